The number of amides is 2. The first-order valence-electron chi connectivity index (χ1n) is 8.54. The number of rotatable bonds is 8. The minimum absolute atomic E-state index is 0.0875. The van der Waals surface area contributed by atoms with Crippen LogP contribution in [0.4, 0.5) is 5.69 Å². The first-order valence-corrected chi connectivity index (χ1v) is 8.54. The van der Waals surface area contributed by atoms with Gasteiger partial charge >= 0.3 is 0 Å². The Bertz CT molecular complexity index is 600. The number of unbranched alkanes of at least 4 members (excludes halogenated alkanes) is 2. The fourth-order valence-corrected chi connectivity index (χ4v) is 2.77. The van der Waals surface area contributed by atoms with E-state index in [0.29, 0.717) is 5.71 Å². The van der Waals surface area contributed by atoms with Crippen LogP contribution < -0.4 is 16.1 Å². The molecule has 1 heterocycles. The highest BCUT2D eigenvalue weighted by Gasteiger charge is 2.35. The topological polar surface area (TPSA) is 87.8 Å². The molecular weight excluding hydrogens is 304 g/mol. The lowest BCUT2D eigenvalue weighted by Gasteiger charge is -2.20. The number of primary amides is 1. The van der Waals surface area contributed by atoms with Crippen LogP contribution in [-0.2, 0) is 9.59 Å². The van der Waals surface area contributed by atoms with Crippen LogP contribution in [-0.4, -0.2) is 29.6 Å². The van der Waals surface area contributed by atoms with E-state index < -0.39 is 11.9 Å². The Morgan fingerprint density at radius 3 is 2.67 bits per heavy atom. The summed E-state index contributed by atoms with van der Waals surface area (Å²) < 4.78 is 0. The zero-order valence-corrected chi connectivity index (χ0v) is 14.4. The maximum absolute atomic E-state index is 12.4. The van der Waals surface area contributed by atoms with E-state index in [2.05, 4.69) is 17.3 Å². The van der Waals surface area contributed by atoms with Crippen LogP contribution in [0.1, 0.15) is 46.0 Å². The molecule has 2 rings (SSSR count). The molecule has 0 aromatic heterocycles. The van der Waals surface area contributed by atoms with Gasteiger partial charge in [0.05, 0.1) is 5.69 Å². The van der Waals surface area contributed by atoms with E-state index >= 15 is 0 Å². The Kier molecular flexibility index (Phi) is 6.35. The van der Waals surface area contributed by atoms with Crippen molar-refractivity contribution in [3.8, 4) is 0 Å². The quantitative estimate of drug-likeness (QED) is 0.716. The molecule has 0 radical (unpaired) electrons. The molecule has 2 amide bonds. The number of nitrogens with one attached hydrogen (secondary N) is 1. The average Bonchev–Trinajstić information content (AvgIpc) is 3.01. The summed E-state index contributed by atoms with van der Waals surface area (Å²) in [6.45, 7) is 4.14. The molecule has 0 spiro atoms. The number of para-hydroxylation sites is 1. The fraction of sp³-hybridized carbons (Fsp3) is 0.500. The van der Waals surface area contributed by atoms with Crippen LogP contribution in [0.3, 0.4) is 0 Å². The second-order valence-electron chi connectivity index (χ2n) is 6.22. The highest BCUT2D eigenvalue weighted by molar-refractivity contribution is 6.40. The number of carbonyl (C=O) groups excluding carboxylic acids is 2. The van der Waals surface area contributed by atoms with Crippen molar-refractivity contribution in [2.45, 2.75) is 58.0 Å². The molecule has 0 saturated carbocycles. The summed E-state index contributed by atoms with van der Waals surface area (Å²) in [4.78, 5) is 24.1. The number of hydrogen-bond donors (Lipinski definition) is 2. The van der Waals surface area contributed by atoms with Crippen molar-refractivity contribution >= 4 is 23.2 Å². The van der Waals surface area contributed by atoms with Crippen molar-refractivity contribution in [3.05, 3.63) is 30.3 Å². The third-order valence-corrected chi connectivity index (χ3v) is 4.14. The minimum Gasteiger partial charge on any atom is -0.368 e. The molecule has 0 saturated heterocycles. The van der Waals surface area contributed by atoms with Gasteiger partial charge in [-0.3, -0.25) is 14.6 Å². The van der Waals surface area contributed by atoms with Crippen molar-refractivity contribution in [1.29, 1.82) is 0 Å². The van der Waals surface area contributed by atoms with E-state index in [4.69, 9.17) is 5.73 Å². The number of nitrogens with two attached hydrogens (primary N) is 1. The molecule has 2 unspecified atom stereocenters. The van der Waals surface area contributed by atoms with Gasteiger partial charge in [0, 0.05) is 12.5 Å². The van der Waals surface area contributed by atoms with E-state index in [1.807, 2.05) is 37.3 Å². The van der Waals surface area contributed by atoms with E-state index in [-0.39, 0.29) is 18.4 Å². The van der Waals surface area contributed by atoms with Gasteiger partial charge < -0.3 is 11.1 Å². The summed E-state index contributed by atoms with van der Waals surface area (Å²) in [6, 6.07) is 8.75. The summed E-state index contributed by atoms with van der Waals surface area (Å²) in [7, 11) is 0. The van der Waals surface area contributed by atoms with Gasteiger partial charge in [0.1, 0.15) is 11.8 Å². The Labute approximate surface area is 143 Å². The molecule has 24 heavy (non-hydrogen) atoms. The highest BCUT2D eigenvalue weighted by Crippen LogP contribution is 2.24. The number of benzene rings is 1. The standard InChI is InChI=1S/C18H26N4O2/c1-3-4-6-9-13(2)20-18(24)15-12-16(17(19)23)22(21-15)14-10-7-5-8-11-14/h5,7-8,10-11,13,16H,3-4,6,9,12H2,1-2H3,(H2,19,23)(H,20,24). The SMILES string of the molecule is CCCCCC(C)NC(=O)C1=NN(c2ccccc2)C(C(N)=O)C1. The van der Waals surface area contributed by atoms with Gasteiger partial charge in [-0.15, -0.1) is 0 Å². The average molecular weight is 330 g/mol. The van der Waals surface area contributed by atoms with Crippen LogP contribution in [0.15, 0.2) is 35.4 Å². The lowest BCUT2D eigenvalue weighted by atomic mass is 10.1. The summed E-state index contributed by atoms with van der Waals surface area (Å²) in [5, 5.41) is 8.85. The normalized spacial score (nSPS) is 18.2. The van der Waals surface area contributed by atoms with Crippen LogP contribution in [0.2, 0.25) is 0 Å². The third-order valence-electron chi connectivity index (χ3n) is 4.14. The van der Waals surface area contributed by atoms with Crippen LogP contribution in [0.5, 0.6) is 0 Å². The maximum Gasteiger partial charge on any atom is 0.267 e. The van der Waals surface area contributed by atoms with E-state index in [1.54, 1.807) is 5.01 Å². The number of carbonyl (C=O) groups is 2. The molecule has 1 aromatic carbocycles. The third kappa shape index (κ3) is 4.57. The maximum atomic E-state index is 12.4. The van der Waals surface area contributed by atoms with E-state index in [9.17, 15) is 9.59 Å². The molecule has 6 heteroatoms. The second-order valence-corrected chi connectivity index (χ2v) is 6.22. The van der Waals surface area contributed by atoms with Gasteiger partial charge in [0.15, 0.2) is 0 Å². The Morgan fingerprint density at radius 2 is 2.04 bits per heavy atom. The van der Waals surface area contributed by atoms with Gasteiger partial charge in [-0.2, -0.15) is 5.10 Å². The van der Waals surface area contributed by atoms with Crippen LogP contribution >= 0.6 is 0 Å². The molecule has 2 atom stereocenters. The predicted molar refractivity (Wildman–Crippen MR) is 95.7 cm³/mol. The fourth-order valence-electron chi connectivity index (χ4n) is 2.77. The van der Waals surface area contributed by atoms with Crippen molar-refractivity contribution in [2.24, 2.45) is 10.8 Å². The number of nitrogens with zero attached hydrogens (tertiary/aromatic N) is 2. The zero-order valence-electron chi connectivity index (χ0n) is 14.4. The first kappa shape index (κ1) is 18.0. The molecular formula is C18H26N4O2. The van der Waals surface area contributed by atoms with Gasteiger partial charge in [0.25, 0.3) is 5.91 Å². The smallest absolute Gasteiger partial charge is 0.267 e. The molecule has 1 aliphatic heterocycles. The largest absolute Gasteiger partial charge is 0.368 e. The van der Waals surface area contributed by atoms with E-state index in [1.165, 1.54) is 0 Å². The van der Waals surface area contributed by atoms with E-state index in [0.717, 1.165) is 31.4 Å². The second kappa shape index (κ2) is 8.47. The summed E-state index contributed by atoms with van der Waals surface area (Å²) in [5.74, 6) is -0.704. The summed E-state index contributed by atoms with van der Waals surface area (Å²) in [6.07, 6.45) is 4.57. The van der Waals surface area contributed by atoms with Gasteiger partial charge in [0.2, 0.25) is 5.91 Å². The van der Waals surface area contributed by atoms with Crippen molar-refractivity contribution < 1.29 is 9.59 Å². The Morgan fingerprint density at radius 1 is 1.33 bits per heavy atom. The molecule has 0 aliphatic carbocycles. The number of hydrazone groups is 1. The lowest BCUT2D eigenvalue weighted by Crippen LogP contribution is -2.40. The molecule has 0 bridgehead atoms. The first-order chi connectivity index (χ1) is 11.5. The van der Waals surface area contributed by atoms with Gasteiger partial charge in [-0.1, -0.05) is 44.4 Å². The minimum atomic E-state index is -0.622. The molecule has 1 aliphatic rings. The van der Waals surface area contributed by atoms with Gasteiger partial charge in [-0.25, -0.2) is 0 Å². The number of anilines is 1. The molecule has 3 N–H and O–H groups in total. The van der Waals surface area contributed by atoms with Crippen LogP contribution in [0, 0.1) is 0 Å². The molecule has 6 nitrogen and oxygen atoms in total. The van der Waals surface area contributed by atoms with Crippen molar-refractivity contribution in [1.82, 2.24) is 5.32 Å². The number of hydrogen-bond acceptors (Lipinski definition) is 4. The lowest BCUT2D eigenvalue weighted by molar-refractivity contribution is -0.119. The molecule has 0 fully saturated rings. The zero-order chi connectivity index (χ0) is 17.5. The summed E-state index contributed by atoms with van der Waals surface area (Å²) >= 11 is 0. The Balaban J connectivity index is 2.04. The molecule has 130 valence electrons. The predicted octanol–water partition coefficient (Wildman–Crippen LogP) is 2.19. The molecule has 1 aromatic rings. The highest BCUT2D eigenvalue weighted by atomic mass is 16.2. The van der Waals surface area contributed by atoms with Crippen LogP contribution in [0.25, 0.3) is 0 Å². The van der Waals surface area contributed by atoms with Crippen molar-refractivity contribution in [3.63, 3.8) is 0 Å². The monoisotopic (exact) mass is 330 g/mol. The Hall–Kier alpha value is -2.37. The summed E-state index contributed by atoms with van der Waals surface area (Å²) in [5.41, 5.74) is 6.59. The van der Waals surface area contributed by atoms with Crippen molar-refractivity contribution in [2.75, 3.05) is 5.01 Å². The van der Waals surface area contributed by atoms with Gasteiger partial charge in [-0.05, 0) is 25.5 Å².